The first kappa shape index (κ1) is 20.9. The van der Waals surface area contributed by atoms with Gasteiger partial charge in [0.05, 0.1) is 35.6 Å². The molecule has 0 radical (unpaired) electrons. The molecule has 154 valence electrons. The van der Waals surface area contributed by atoms with Gasteiger partial charge in [-0.2, -0.15) is 10.4 Å². The predicted octanol–water partition coefficient (Wildman–Crippen LogP) is 2.78. The minimum atomic E-state index is -0.227. The molecule has 0 aliphatic carbocycles. The number of rotatable bonds is 6. The number of nitrogens with zero attached hydrogens (tertiary/aromatic N) is 5. The van der Waals surface area contributed by atoms with Gasteiger partial charge >= 0.3 is 0 Å². The molecule has 2 aromatic rings. The molecule has 2 aromatic heterocycles. The molecule has 1 saturated heterocycles. The number of hydrogen-bond donors (Lipinski definition) is 2. The Labute approximate surface area is 174 Å². The van der Waals surface area contributed by atoms with Crippen LogP contribution in [0.4, 0.5) is 5.69 Å². The van der Waals surface area contributed by atoms with E-state index < -0.39 is 0 Å². The lowest BCUT2D eigenvalue weighted by atomic mass is 10.00. The zero-order valence-electron chi connectivity index (χ0n) is 16.9. The van der Waals surface area contributed by atoms with Crippen LogP contribution in [0.1, 0.15) is 41.3 Å². The van der Waals surface area contributed by atoms with Crippen LogP contribution in [0.15, 0.2) is 35.8 Å². The number of piperidine rings is 1. The highest BCUT2D eigenvalue weighted by Gasteiger charge is 2.32. The summed E-state index contributed by atoms with van der Waals surface area (Å²) < 4.78 is 6.07. The van der Waals surface area contributed by atoms with E-state index in [4.69, 9.17) is 10.1 Å². The predicted molar refractivity (Wildman–Crippen MR) is 113 cm³/mol. The number of nitriles is 1. The summed E-state index contributed by atoms with van der Waals surface area (Å²) in [7, 11) is 0. The second-order valence-corrected chi connectivity index (χ2v) is 7.00. The van der Waals surface area contributed by atoms with Crippen LogP contribution in [-0.2, 0) is 0 Å². The fourth-order valence-corrected chi connectivity index (χ4v) is 3.33. The van der Waals surface area contributed by atoms with Crippen molar-refractivity contribution in [3.05, 3.63) is 47.4 Å². The number of aromatic nitrogens is 2. The molecule has 0 aromatic carbocycles. The van der Waals surface area contributed by atoms with E-state index in [0.717, 1.165) is 19.1 Å². The number of nitrogens with one attached hydrogen (secondary N) is 2. The number of amides is 1. The van der Waals surface area contributed by atoms with Gasteiger partial charge in [0, 0.05) is 36.4 Å². The van der Waals surface area contributed by atoms with Crippen molar-refractivity contribution in [2.24, 2.45) is 5.10 Å². The number of hydrogen-bond acceptors (Lipinski definition) is 8. The van der Waals surface area contributed by atoms with Gasteiger partial charge in [-0.3, -0.25) is 15.2 Å². The first-order chi connectivity index (χ1) is 14.5. The number of hydrazone groups is 1. The Hall–Kier alpha value is -3.80. The van der Waals surface area contributed by atoms with E-state index in [-0.39, 0.29) is 18.1 Å². The summed E-state index contributed by atoms with van der Waals surface area (Å²) in [5, 5.41) is 20.1. The normalized spacial score (nSPS) is 18.6. The van der Waals surface area contributed by atoms with E-state index >= 15 is 0 Å². The van der Waals surface area contributed by atoms with Gasteiger partial charge in [-0.15, -0.1) is 0 Å². The average Bonchev–Trinajstić information content (AvgIpc) is 2.76. The fraction of sp³-hybridized carbons (Fsp3) is 0.333. The lowest BCUT2D eigenvalue weighted by molar-refractivity contribution is 0.0371. The molecule has 2 atom stereocenters. The lowest BCUT2D eigenvalue weighted by Crippen LogP contribution is -2.49. The van der Waals surface area contributed by atoms with Crippen LogP contribution < -0.4 is 10.2 Å². The highest BCUT2D eigenvalue weighted by Crippen LogP contribution is 2.26. The Balaban J connectivity index is 1.78. The molecule has 0 saturated carbocycles. The minimum absolute atomic E-state index is 0.0370. The fourth-order valence-electron chi connectivity index (χ4n) is 3.33. The zero-order valence-corrected chi connectivity index (χ0v) is 16.9. The monoisotopic (exact) mass is 405 g/mol. The first-order valence-corrected chi connectivity index (χ1v) is 9.60. The van der Waals surface area contributed by atoms with Crippen molar-refractivity contribution in [1.29, 1.82) is 10.7 Å². The van der Waals surface area contributed by atoms with Crippen LogP contribution in [0.2, 0.25) is 0 Å². The summed E-state index contributed by atoms with van der Waals surface area (Å²) in [6.45, 7) is 4.21. The van der Waals surface area contributed by atoms with Gasteiger partial charge in [0.2, 0.25) is 5.88 Å². The Morgan fingerprint density at radius 1 is 1.43 bits per heavy atom. The van der Waals surface area contributed by atoms with Crippen LogP contribution in [0, 0.1) is 23.7 Å². The smallest absolute Gasteiger partial charge is 0.257 e. The van der Waals surface area contributed by atoms with E-state index in [9.17, 15) is 10.1 Å². The Morgan fingerprint density at radius 3 is 3.03 bits per heavy atom. The third-order valence-electron chi connectivity index (χ3n) is 5.04. The maximum absolute atomic E-state index is 13.3. The van der Waals surface area contributed by atoms with Crippen molar-refractivity contribution in [1.82, 2.24) is 14.9 Å². The quantitative estimate of drug-likeness (QED) is 0.562. The van der Waals surface area contributed by atoms with Crippen molar-refractivity contribution in [3.63, 3.8) is 0 Å². The van der Waals surface area contributed by atoms with Gasteiger partial charge in [0.25, 0.3) is 5.91 Å². The second-order valence-electron chi connectivity index (χ2n) is 7.00. The van der Waals surface area contributed by atoms with Crippen molar-refractivity contribution < 1.29 is 9.53 Å². The molecule has 0 spiro atoms. The third-order valence-corrected chi connectivity index (χ3v) is 5.04. The molecule has 30 heavy (non-hydrogen) atoms. The zero-order chi connectivity index (χ0) is 21.5. The van der Waals surface area contributed by atoms with Crippen molar-refractivity contribution >= 4 is 24.0 Å². The summed E-state index contributed by atoms with van der Waals surface area (Å²) in [6, 6.07) is 5.48. The van der Waals surface area contributed by atoms with Crippen LogP contribution in [0.3, 0.4) is 0 Å². The summed E-state index contributed by atoms with van der Waals surface area (Å²) in [5.74, 6) is 0.248. The van der Waals surface area contributed by atoms with E-state index in [1.54, 1.807) is 36.4 Å². The van der Waals surface area contributed by atoms with Gasteiger partial charge < -0.3 is 15.0 Å². The van der Waals surface area contributed by atoms with E-state index in [0.29, 0.717) is 34.8 Å². The van der Waals surface area contributed by atoms with Crippen molar-refractivity contribution in [2.75, 3.05) is 12.0 Å². The summed E-state index contributed by atoms with van der Waals surface area (Å²) in [5.41, 5.74) is 4.91. The molecule has 1 aliphatic rings. The van der Waals surface area contributed by atoms with Gasteiger partial charge in [0.15, 0.2) is 0 Å². The highest BCUT2D eigenvalue weighted by molar-refractivity contribution is 6.14. The second kappa shape index (κ2) is 9.60. The van der Waals surface area contributed by atoms with E-state index in [2.05, 4.69) is 26.6 Å². The number of anilines is 1. The van der Waals surface area contributed by atoms with E-state index in [1.807, 2.05) is 6.92 Å². The largest absolute Gasteiger partial charge is 0.472 e. The van der Waals surface area contributed by atoms with Gasteiger partial charge in [0.1, 0.15) is 6.10 Å². The topological polar surface area (TPSA) is 127 Å². The third kappa shape index (κ3) is 4.60. The molecule has 3 rings (SSSR count). The summed E-state index contributed by atoms with van der Waals surface area (Å²) in [6.07, 6.45) is 8.29. The first-order valence-electron chi connectivity index (χ1n) is 9.60. The minimum Gasteiger partial charge on any atom is -0.472 e. The molecule has 1 aliphatic heterocycles. The van der Waals surface area contributed by atoms with Gasteiger partial charge in [-0.1, -0.05) is 0 Å². The van der Waals surface area contributed by atoms with Crippen LogP contribution >= 0.6 is 0 Å². The Kier molecular flexibility index (Phi) is 6.70. The highest BCUT2D eigenvalue weighted by atomic mass is 16.5. The van der Waals surface area contributed by atoms with Crippen molar-refractivity contribution in [3.8, 4) is 11.9 Å². The lowest BCUT2D eigenvalue weighted by Gasteiger charge is -2.38. The number of ether oxygens (including phenoxy) is 1. The van der Waals surface area contributed by atoms with Crippen LogP contribution in [-0.4, -0.2) is 51.9 Å². The number of carbonyl (C=O) groups is 1. The SMILES string of the molecule is Cc1c(C#N)ccnc1O[C@@H]1CC[C@@H](C)N(C(=O)c2cnccc2N/N=C\C=N)C1. The molecule has 0 bridgehead atoms. The molecule has 9 nitrogen and oxygen atoms in total. The molecule has 0 unspecified atom stereocenters. The average molecular weight is 405 g/mol. The van der Waals surface area contributed by atoms with Gasteiger partial charge in [-0.05, 0) is 38.8 Å². The van der Waals surface area contributed by atoms with E-state index in [1.165, 1.54) is 12.4 Å². The maximum Gasteiger partial charge on any atom is 0.257 e. The van der Waals surface area contributed by atoms with Crippen LogP contribution in [0.5, 0.6) is 5.88 Å². The van der Waals surface area contributed by atoms with Crippen LogP contribution in [0.25, 0.3) is 0 Å². The molecule has 2 N–H and O–H groups in total. The Bertz CT molecular complexity index is 999. The molecule has 1 fully saturated rings. The van der Waals surface area contributed by atoms with Gasteiger partial charge in [-0.25, -0.2) is 4.98 Å². The number of likely N-dealkylation sites (tertiary alicyclic amines) is 1. The van der Waals surface area contributed by atoms with Crippen molar-refractivity contribution in [2.45, 2.75) is 38.8 Å². The maximum atomic E-state index is 13.3. The molecule has 3 heterocycles. The standard InChI is InChI=1S/C21H23N7O2/c1-14-3-4-17(30-20-15(2)16(11-23)5-9-25-20)13-28(14)21(29)18-12-24-8-6-19(18)27-26-10-7-22/h5-10,12,14,17,22H,3-4,13H2,1-2H3,(H,24,27)/b22-7?,26-10-/t14-,17-/m1/s1. The molecular formula is C21H23N7O2. The molecule has 9 heteroatoms. The Morgan fingerprint density at radius 2 is 2.27 bits per heavy atom. The molecule has 1 amide bonds. The number of carbonyl (C=O) groups excluding carboxylic acids is 1. The summed E-state index contributed by atoms with van der Waals surface area (Å²) >= 11 is 0. The number of pyridine rings is 2. The summed E-state index contributed by atoms with van der Waals surface area (Å²) in [4.78, 5) is 23.4. The molecular weight excluding hydrogens is 382 g/mol.